The maximum Gasteiger partial charge on any atom is 0.404 e. The van der Waals surface area contributed by atoms with Crippen LogP contribution in [-0.4, -0.2) is 36.7 Å². The number of unbranched alkanes of at least 4 members (excludes halogenated alkanes) is 2. The zero-order valence-electron chi connectivity index (χ0n) is 11.9. The minimum atomic E-state index is -1.68. The molecule has 0 saturated carbocycles. The SMILES string of the molecule is CCCCC[C@H](F)C(=O)[C@@H](CCOC(N)=O)OC(C)=O. The molecule has 0 heterocycles. The average molecular weight is 291 g/mol. The lowest BCUT2D eigenvalue weighted by Gasteiger charge is -2.17. The summed E-state index contributed by atoms with van der Waals surface area (Å²) in [6.45, 7) is 2.89. The van der Waals surface area contributed by atoms with Gasteiger partial charge in [-0.2, -0.15) is 0 Å². The second kappa shape index (κ2) is 10.2. The lowest BCUT2D eigenvalue weighted by molar-refractivity contribution is -0.155. The van der Waals surface area contributed by atoms with Gasteiger partial charge in [0.25, 0.3) is 0 Å². The Morgan fingerprint density at radius 1 is 1.20 bits per heavy atom. The largest absolute Gasteiger partial charge is 0.454 e. The highest BCUT2D eigenvalue weighted by atomic mass is 19.1. The molecule has 0 radical (unpaired) electrons. The number of hydrogen-bond donors (Lipinski definition) is 1. The van der Waals surface area contributed by atoms with Crippen LogP contribution < -0.4 is 5.73 Å². The van der Waals surface area contributed by atoms with E-state index in [4.69, 9.17) is 10.5 Å². The summed E-state index contributed by atoms with van der Waals surface area (Å²) < 4.78 is 22.9. The number of primary amides is 1. The van der Waals surface area contributed by atoms with E-state index in [9.17, 15) is 18.8 Å². The predicted octanol–water partition coefficient (Wildman–Crippen LogP) is 1.89. The molecule has 1 amide bonds. The molecule has 0 spiro atoms. The van der Waals surface area contributed by atoms with Crippen LogP contribution in [0, 0.1) is 0 Å². The summed E-state index contributed by atoms with van der Waals surface area (Å²) in [7, 11) is 0. The minimum Gasteiger partial charge on any atom is -0.454 e. The molecular weight excluding hydrogens is 269 g/mol. The molecule has 0 saturated heterocycles. The molecule has 116 valence electrons. The molecular formula is C13H22FNO5. The first-order valence-corrected chi connectivity index (χ1v) is 6.65. The normalized spacial score (nSPS) is 13.3. The van der Waals surface area contributed by atoms with Gasteiger partial charge < -0.3 is 15.2 Å². The Labute approximate surface area is 117 Å². The second-order valence-corrected chi connectivity index (χ2v) is 4.42. The lowest BCUT2D eigenvalue weighted by Crippen LogP contribution is -2.34. The van der Waals surface area contributed by atoms with Crippen LogP contribution in [0.3, 0.4) is 0 Å². The first-order chi connectivity index (χ1) is 9.38. The highest BCUT2D eigenvalue weighted by Crippen LogP contribution is 2.13. The third-order valence-corrected chi connectivity index (χ3v) is 2.62. The van der Waals surface area contributed by atoms with Gasteiger partial charge in [0.1, 0.15) is 0 Å². The molecule has 0 aliphatic heterocycles. The molecule has 2 atom stereocenters. The highest BCUT2D eigenvalue weighted by molar-refractivity contribution is 5.88. The number of carbonyl (C=O) groups is 3. The van der Waals surface area contributed by atoms with Gasteiger partial charge in [0.05, 0.1) is 6.61 Å². The van der Waals surface area contributed by atoms with Crippen molar-refractivity contribution in [3.63, 3.8) is 0 Å². The van der Waals surface area contributed by atoms with Gasteiger partial charge in [-0.3, -0.25) is 9.59 Å². The Bertz CT molecular complexity index is 335. The van der Waals surface area contributed by atoms with Gasteiger partial charge in [-0.15, -0.1) is 0 Å². The number of Topliss-reactive ketones (excluding diaryl/α,β-unsaturated/α-hetero) is 1. The standard InChI is InChI=1S/C13H22FNO5/c1-3-4-5-6-10(14)12(17)11(20-9(2)16)7-8-19-13(15)18/h10-11H,3-8H2,1-2H3,(H2,15,18)/t10-,11+/m0/s1. The third-order valence-electron chi connectivity index (χ3n) is 2.62. The molecule has 7 heteroatoms. The van der Waals surface area contributed by atoms with Crippen LogP contribution in [0.1, 0.15) is 46.0 Å². The van der Waals surface area contributed by atoms with Crippen LogP contribution in [0.5, 0.6) is 0 Å². The average Bonchev–Trinajstić information content (AvgIpc) is 2.36. The molecule has 20 heavy (non-hydrogen) atoms. The van der Waals surface area contributed by atoms with E-state index >= 15 is 0 Å². The summed E-state index contributed by atoms with van der Waals surface area (Å²) in [6, 6.07) is 0. The Morgan fingerprint density at radius 2 is 1.85 bits per heavy atom. The molecule has 0 aromatic carbocycles. The van der Waals surface area contributed by atoms with Crippen molar-refractivity contribution in [3.8, 4) is 0 Å². The smallest absolute Gasteiger partial charge is 0.404 e. The maximum absolute atomic E-state index is 13.7. The van der Waals surface area contributed by atoms with Crippen molar-refractivity contribution in [2.75, 3.05) is 6.61 Å². The van der Waals surface area contributed by atoms with Crippen molar-refractivity contribution in [1.29, 1.82) is 0 Å². The zero-order valence-corrected chi connectivity index (χ0v) is 11.9. The summed E-state index contributed by atoms with van der Waals surface area (Å²) in [6.07, 6.45) is -1.59. The van der Waals surface area contributed by atoms with Crippen molar-refractivity contribution in [2.24, 2.45) is 5.73 Å². The van der Waals surface area contributed by atoms with E-state index < -0.39 is 30.1 Å². The number of amides is 1. The van der Waals surface area contributed by atoms with Crippen molar-refractivity contribution in [1.82, 2.24) is 0 Å². The number of nitrogens with two attached hydrogens (primary N) is 1. The molecule has 0 fully saturated rings. The van der Waals surface area contributed by atoms with Crippen LogP contribution in [-0.2, 0) is 19.1 Å². The van der Waals surface area contributed by atoms with Gasteiger partial charge in [0.15, 0.2) is 12.3 Å². The quantitative estimate of drug-likeness (QED) is 0.490. The van der Waals surface area contributed by atoms with Crippen molar-refractivity contribution in [3.05, 3.63) is 0 Å². The van der Waals surface area contributed by atoms with E-state index in [1.165, 1.54) is 0 Å². The fourth-order valence-corrected chi connectivity index (χ4v) is 1.64. The molecule has 0 aliphatic rings. The molecule has 6 nitrogen and oxygen atoms in total. The zero-order chi connectivity index (χ0) is 15.5. The van der Waals surface area contributed by atoms with Gasteiger partial charge in [-0.05, 0) is 6.42 Å². The Balaban J connectivity index is 4.38. The van der Waals surface area contributed by atoms with Crippen molar-refractivity contribution >= 4 is 17.8 Å². The number of rotatable bonds is 10. The van der Waals surface area contributed by atoms with E-state index in [0.29, 0.717) is 6.42 Å². The van der Waals surface area contributed by atoms with Gasteiger partial charge in [0, 0.05) is 13.3 Å². The highest BCUT2D eigenvalue weighted by Gasteiger charge is 2.29. The summed E-state index contributed by atoms with van der Waals surface area (Å²) >= 11 is 0. The molecule has 0 bridgehead atoms. The maximum atomic E-state index is 13.7. The Morgan fingerprint density at radius 3 is 2.35 bits per heavy atom. The second-order valence-electron chi connectivity index (χ2n) is 4.42. The van der Waals surface area contributed by atoms with Gasteiger partial charge in [-0.1, -0.05) is 26.2 Å². The predicted molar refractivity (Wildman–Crippen MR) is 69.8 cm³/mol. The van der Waals surface area contributed by atoms with Gasteiger partial charge in [-0.25, -0.2) is 9.18 Å². The first kappa shape index (κ1) is 18.3. The fraction of sp³-hybridized carbons (Fsp3) is 0.769. The minimum absolute atomic E-state index is 0.0983. The monoisotopic (exact) mass is 291 g/mol. The summed E-state index contributed by atoms with van der Waals surface area (Å²) in [4.78, 5) is 33.1. The van der Waals surface area contributed by atoms with Crippen molar-refractivity contribution in [2.45, 2.75) is 58.2 Å². The van der Waals surface area contributed by atoms with Crippen LogP contribution in [0.4, 0.5) is 9.18 Å². The fourth-order valence-electron chi connectivity index (χ4n) is 1.64. The number of esters is 1. The molecule has 0 aliphatic carbocycles. The number of hydrogen-bond acceptors (Lipinski definition) is 5. The molecule has 0 aromatic heterocycles. The number of carbonyl (C=O) groups excluding carboxylic acids is 3. The van der Waals surface area contributed by atoms with E-state index in [1.807, 2.05) is 6.92 Å². The molecule has 0 rings (SSSR count). The molecule has 0 unspecified atom stereocenters. The lowest BCUT2D eigenvalue weighted by atomic mass is 10.0. The van der Waals surface area contributed by atoms with E-state index in [0.717, 1.165) is 19.8 Å². The number of ketones is 1. The summed E-state index contributed by atoms with van der Waals surface area (Å²) in [5.41, 5.74) is 4.77. The number of ether oxygens (including phenoxy) is 2. The van der Waals surface area contributed by atoms with E-state index in [-0.39, 0.29) is 19.4 Å². The van der Waals surface area contributed by atoms with Gasteiger partial charge >= 0.3 is 12.1 Å². The molecule has 2 N–H and O–H groups in total. The van der Waals surface area contributed by atoms with Crippen LogP contribution >= 0.6 is 0 Å². The van der Waals surface area contributed by atoms with Gasteiger partial charge in [0.2, 0.25) is 5.78 Å². The Hall–Kier alpha value is -1.66. The van der Waals surface area contributed by atoms with Crippen LogP contribution in [0.2, 0.25) is 0 Å². The van der Waals surface area contributed by atoms with E-state index in [2.05, 4.69) is 4.74 Å². The Kier molecular flexibility index (Phi) is 9.32. The third kappa shape index (κ3) is 8.44. The van der Waals surface area contributed by atoms with Crippen molar-refractivity contribution < 1.29 is 28.2 Å². The van der Waals surface area contributed by atoms with E-state index in [1.54, 1.807) is 0 Å². The summed E-state index contributed by atoms with van der Waals surface area (Å²) in [5, 5.41) is 0. The summed E-state index contributed by atoms with van der Waals surface area (Å²) in [5.74, 6) is -1.49. The van der Waals surface area contributed by atoms with Crippen LogP contribution in [0.25, 0.3) is 0 Å². The number of halogens is 1. The topological polar surface area (TPSA) is 95.7 Å². The number of alkyl halides is 1. The van der Waals surface area contributed by atoms with Crippen LogP contribution in [0.15, 0.2) is 0 Å². The first-order valence-electron chi connectivity index (χ1n) is 6.65. The molecule has 0 aromatic rings.